The van der Waals surface area contributed by atoms with E-state index in [0.29, 0.717) is 6.42 Å². The first-order valence-electron chi connectivity index (χ1n) is 6.73. The molecule has 4 unspecified atom stereocenters. The van der Waals surface area contributed by atoms with Crippen LogP contribution in [-0.4, -0.2) is 48.1 Å². The maximum atomic E-state index is 12.4. The summed E-state index contributed by atoms with van der Waals surface area (Å²) < 4.78 is 5.34. The summed E-state index contributed by atoms with van der Waals surface area (Å²) in [6.07, 6.45) is 3.61. The summed E-state index contributed by atoms with van der Waals surface area (Å²) in [6, 6.07) is -0.561. The van der Waals surface area contributed by atoms with Gasteiger partial charge in [-0.25, -0.2) is 0 Å². The van der Waals surface area contributed by atoms with Crippen molar-refractivity contribution < 1.29 is 14.3 Å². The molecular weight excluding hydrogens is 232 g/mol. The molecule has 1 saturated carbocycles. The summed E-state index contributed by atoms with van der Waals surface area (Å²) in [5, 5.41) is 2.78. The maximum absolute atomic E-state index is 12.4. The third-order valence-corrected chi connectivity index (χ3v) is 4.16. The van der Waals surface area contributed by atoms with Crippen LogP contribution in [0.2, 0.25) is 0 Å². The Bertz CT molecular complexity index is 345. The van der Waals surface area contributed by atoms with Crippen molar-refractivity contribution in [2.24, 2.45) is 0 Å². The van der Waals surface area contributed by atoms with E-state index in [1.165, 1.54) is 0 Å². The predicted molar refractivity (Wildman–Crippen MR) is 67.0 cm³/mol. The molecule has 0 bridgehead atoms. The molecule has 1 aliphatic carbocycles. The van der Waals surface area contributed by atoms with Crippen LogP contribution in [0.1, 0.15) is 39.5 Å². The van der Waals surface area contributed by atoms with Crippen molar-refractivity contribution in [1.82, 2.24) is 10.2 Å². The number of piperazine rings is 1. The molecule has 0 aromatic heterocycles. The third kappa shape index (κ3) is 2.23. The van der Waals surface area contributed by atoms with E-state index in [4.69, 9.17) is 4.74 Å². The SMILES string of the molecule is CCC1NC(=O)C(C)N(C2CCC(OC)C2)C1=O. The summed E-state index contributed by atoms with van der Waals surface area (Å²) in [7, 11) is 1.70. The third-order valence-electron chi connectivity index (χ3n) is 4.16. The molecule has 5 nitrogen and oxygen atoms in total. The Balaban J connectivity index is 2.13. The Morgan fingerprint density at radius 3 is 2.67 bits per heavy atom. The molecule has 102 valence electrons. The number of ether oxygens (including phenoxy) is 1. The highest BCUT2D eigenvalue weighted by molar-refractivity contribution is 5.96. The monoisotopic (exact) mass is 254 g/mol. The van der Waals surface area contributed by atoms with E-state index in [9.17, 15) is 9.59 Å². The fourth-order valence-corrected chi connectivity index (χ4v) is 3.01. The van der Waals surface area contributed by atoms with Gasteiger partial charge in [-0.15, -0.1) is 0 Å². The normalized spacial score (nSPS) is 36.9. The molecule has 1 N–H and O–H groups in total. The summed E-state index contributed by atoms with van der Waals surface area (Å²) in [6.45, 7) is 3.73. The number of nitrogens with zero attached hydrogens (tertiary/aromatic N) is 1. The zero-order valence-corrected chi connectivity index (χ0v) is 11.3. The van der Waals surface area contributed by atoms with Crippen molar-refractivity contribution in [2.45, 2.75) is 63.8 Å². The van der Waals surface area contributed by atoms with Gasteiger partial charge in [0.15, 0.2) is 0 Å². The van der Waals surface area contributed by atoms with Gasteiger partial charge in [-0.2, -0.15) is 0 Å². The number of rotatable bonds is 3. The lowest BCUT2D eigenvalue weighted by molar-refractivity contribution is -0.151. The van der Waals surface area contributed by atoms with Crippen LogP contribution in [0.3, 0.4) is 0 Å². The molecule has 2 aliphatic rings. The molecule has 2 rings (SSSR count). The second kappa shape index (κ2) is 5.26. The minimum atomic E-state index is -0.360. The summed E-state index contributed by atoms with van der Waals surface area (Å²) in [5.74, 6) is 0.0219. The van der Waals surface area contributed by atoms with Crippen molar-refractivity contribution in [2.75, 3.05) is 7.11 Å². The van der Waals surface area contributed by atoms with E-state index in [-0.39, 0.29) is 36.0 Å². The molecule has 1 saturated heterocycles. The predicted octanol–water partition coefficient (Wildman–Crippen LogP) is 0.679. The van der Waals surface area contributed by atoms with Crippen LogP contribution in [0.25, 0.3) is 0 Å². The minimum absolute atomic E-state index is 0.0395. The summed E-state index contributed by atoms with van der Waals surface area (Å²) >= 11 is 0. The van der Waals surface area contributed by atoms with Gasteiger partial charge in [0, 0.05) is 13.2 Å². The van der Waals surface area contributed by atoms with Gasteiger partial charge in [0.05, 0.1) is 6.10 Å². The Labute approximate surface area is 108 Å². The molecule has 2 fully saturated rings. The topological polar surface area (TPSA) is 58.6 Å². The second-order valence-electron chi connectivity index (χ2n) is 5.22. The zero-order valence-electron chi connectivity index (χ0n) is 11.3. The first-order valence-corrected chi connectivity index (χ1v) is 6.73. The van der Waals surface area contributed by atoms with E-state index >= 15 is 0 Å². The Hall–Kier alpha value is -1.10. The Morgan fingerprint density at radius 2 is 2.11 bits per heavy atom. The van der Waals surface area contributed by atoms with Crippen LogP contribution in [0.15, 0.2) is 0 Å². The molecule has 5 heteroatoms. The highest BCUT2D eigenvalue weighted by Crippen LogP contribution is 2.29. The van der Waals surface area contributed by atoms with Crippen molar-refractivity contribution >= 4 is 11.8 Å². The van der Waals surface area contributed by atoms with Crippen LogP contribution in [0.5, 0.6) is 0 Å². The van der Waals surface area contributed by atoms with Gasteiger partial charge in [0.2, 0.25) is 11.8 Å². The van der Waals surface area contributed by atoms with E-state index in [1.54, 1.807) is 18.9 Å². The van der Waals surface area contributed by atoms with Crippen LogP contribution in [0.4, 0.5) is 0 Å². The Kier molecular flexibility index (Phi) is 3.90. The van der Waals surface area contributed by atoms with E-state index in [2.05, 4.69) is 5.32 Å². The van der Waals surface area contributed by atoms with E-state index in [0.717, 1.165) is 19.3 Å². The van der Waals surface area contributed by atoms with E-state index < -0.39 is 0 Å². The van der Waals surface area contributed by atoms with Gasteiger partial charge in [0.1, 0.15) is 12.1 Å². The minimum Gasteiger partial charge on any atom is -0.381 e. The average Bonchev–Trinajstić information content (AvgIpc) is 2.82. The molecule has 0 radical (unpaired) electrons. The quantitative estimate of drug-likeness (QED) is 0.805. The van der Waals surface area contributed by atoms with Crippen LogP contribution in [-0.2, 0) is 14.3 Å². The van der Waals surface area contributed by atoms with Crippen molar-refractivity contribution in [3.63, 3.8) is 0 Å². The molecule has 4 atom stereocenters. The number of methoxy groups -OCH3 is 1. The van der Waals surface area contributed by atoms with Crippen molar-refractivity contribution in [3.05, 3.63) is 0 Å². The fraction of sp³-hybridized carbons (Fsp3) is 0.846. The number of amides is 2. The number of hydrogen-bond donors (Lipinski definition) is 1. The average molecular weight is 254 g/mol. The van der Waals surface area contributed by atoms with Crippen LogP contribution in [0, 0.1) is 0 Å². The molecule has 0 aromatic rings. The zero-order chi connectivity index (χ0) is 13.3. The largest absolute Gasteiger partial charge is 0.381 e. The lowest BCUT2D eigenvalue weighted by atomic mass is 10.0. The lowest BCUT2D eigenvalue weighted by Gasteiger charge is -2.40. The second-order valence-corrected chi connectivity index (χ2v) is 5.22. The number of carbonyl (C=O) groups is 2. The van der Waals surface area contributed by atoms with Gasteiger partial charge >= 0.3 is 0 Å². The number of nitrogens with one attached hydrogen (secondary N) is 1. The molecule has 18 heavy (non-hydrogen) atoms. The molecule has 0 spiro atoms. The molecule has 1 aliphatic heterocycles. The van der Waals surface area contributed by atoms with Gasteiger partial charge in [-0.1, -0.05) is 6.92 Å². The highest BCUT2D eigenvalue weighted by atomic mass is 16.5. The molecule has 2 amide bonds. The summed E-state index contributed by atoms with van der Waals surface area (Å²) in [4.78, 5) is 26.0. The fourth-order valence-electron chi connectivity index (χ4n) is 3.01. The van der Waals surface area contributed by atoms with Gasteiger partial charge in [-0.3, -0.25) is 9.59 Å². The first-order chi connectivity index (χ1) is 8.58. The summed E-state index contributed by atoms with van der Waals surface area (Å²) in [5.41, 5.74) is 0. The van der Waals surface area contributed by atoms with Gasteiger partial charge < -0.3 is 15.0 Å². The van der Waals surface area contributed by atoms with E-state index in [1.807, 2.05) is 6.92 Å². The number of carbonyl (C=O) groups excluding carboxylic acids is 2. The van der Waals surface area contributed by atoms with Crippen LogP contribution >= 0.6 is 0 Å². The molecule has 1 heterocycles. The molecule has 0 aromatic carbocycles. The lowest BCUT2D eigenvalue weighted by Crippen LogP contribution is -2.64. The number of hydrogen-bond acceptors (Lipinski definition) is 3. The standard InChI is InChI=1S/C13H22N2O3/c1-4-11-13(17)15(8(2)12(16)14-11)9-5-6-10(7-9)18-3/h8-11H,4-7H2,1-3H3,(H,14,16). The van der Waals surface area contributed by atoms with Gasteiger partial charge in [0.25, 0.3) is 0 Å². The van der Waals surface area contributed by atoms with Crippen molar-refractivity contribution in [3.8, 4) is 0 Å². The van der Waals surface area contributed by atoms with Crippen molar-refractivity contribution in [1.29, 1.82) is 0 Å². The maximum Gasteiger partial charge on any atom is 0.246 e. The Morgan fingerprint density at radius 1 is 1.39 bits per heavy atom. The highest BCUT2D eigenvalue weighted by Gasteiger charge is 2.43. The van der Waals surface area contributed by atoms with Crippen LogP contribution < -0.4 is 5.32 Å². The first kappa shape index (κ1) is 13.3. The molecular formula is C13H22N2O3. The van der Waals surface area contributed by atoms with Gasteiger partial charge in [-0.05, 0) is 32.6 Å². The smallest absolute Gasteiger partial charge is 0.246 e.